The van der Waals surface area contributed by atoms with Crippen molar-refractivity contribution in [1.82, 2.24) is 9.97 Å². The van der Waals surface area contributed by atoms with Crippen molar-refractivity contribution in [3.63, 3.8) is 0 Å². The third kappa shape index (κ3) is 2.46. The van der Waals surface area contributed by atoms with Gasteiger partial charge in [0.2, 0.25) is 0 Å². The van der Waals surface area contributed by atoms with Crippen LogP contribution in [0.1, 0.15) is 25.0 Å². The molecule has 3 aliphatic heterocycles. The summed E-state index contributed by atoms with van der Waals surface area (Å²) in [5, 5.41) is 11.5. The summed E-state index contributed by atoms with van der Waals surface area (Å²) in [5.41, 5.74) is 6.15. The van der Waals surface area contributed by atoms with Crippen LogP contribution in [0.4, 0.5) is 0 Å². The van der Waals surface area contributed by atoms with Crippen molar-refractivity contribution in [2.45, 2.75) is 31.4 Å². The maximum absolute atomic E-state index is 10.6. The van der Waals surface area contributed by atoms with E-state index in [-0.39, 0.29) is 11.8 Å². The van der Waals surface area contributed by atoms with Crippen LogP contribution >= 0.6 is 0 Å². The molecule has 1 aromatic heterocycles. The Labute approximate surface area is 173 Å². The molecule has 0 amide bonds. The quantitative estimate of drug-likeness (QED) is 0.745. The molecule has 156 valence electrons. The predicted molar refractivity (Wildman–Crippen MR) is 110 cm³/mol. The zero-order valence-electron chi connectivity index (χ0n) is 17.0. The molecule has 1 aromatic carbocycles. The number of ether oxygens (including phenoxy) is 3. The number of nitrogens with two attached hydrogens (primary N) is 1. The number of aliphatic hydroxyl groups is 1. The standard InChI is InChI=1S/C22H24N4O4/c1-13-8-25-16(9-24-13)17(27)7-14-4-5-18-15(6-14)22(12-29-19(23)26-22)21(10-28-11-21)20(2,3)30-18/h4-6,8-9,27H,1,7,10-12H2,2-3H3,(H2,23,26). The van der Waals surface area contributed by atoms with Crippen molar-refractivity contribution in [1.29, 1.82) is 0 Å². The third-order valence-electron chi connectivity index (χ3n) is 6.60. The van der Waals surface area contributed by atoms with Crippen molar-refractivity contribution in [3.05, 3.63) is 52.4 Å². The highest BCUT2D eigenvalue weighted by molar-refractivity contribution is 5.75. The number of fused-ring (bicyclic) bond motifs is 3. The van der Waals surface area contributed by atoms with Crippen molar-refractivity contribution in [2.24, 2.45) is 16.1 Å². The largest absolute Gasteiger partial charge is 0.510 e. The van der Waals surface area contributed by atoms with Crippen LogP contribution in [0.25, 0.3) is 12.3 Å². The van der Waals surface area contributed by atoms with Gasteiger partial charge in [-0.25, -0.2) is 9.98 Å². The van der Waals surface area contributed by atoms with E-state index in [0.717, 1.165) is 16.9 Å². The summed E-state index contributed by atoms with van der Waals surface area (Å²) in [6.07, 6.45) is 3.33. The SMILES string of the molecule is C=c1cnc(=C(O)Cc2ccc3c(c2)C2(COC(N)=N2)C2(COC2)C(C)(C)O3)cn1. The second-order valence-electron chi connectivity index (χ2n) is 8.63. The molecule has 3 aliphatic rings. The Morgan fingerprint density at radius 3 is 2.60 bits per heavy atom. The number of amidine groups is 1. The number of hydrogen-bond acceptors (Lipinski definition) is 8. The molecule has 1 unspecified atom stereocenters. The normalized spacial score (nSPS) is 26.3. The fourth-order valence-corrected chi connectivity index (χ4v) is 4.72. The summed E-state index contributed by atoms with van der Waals surface area (Å²) < 4.78 is 17.7. The Balaban J connectivity index is 1.62. The van der Waals surface area contributed by atoms with Gasteiger partial charge < -0.3 is 25.1 Å². The molecule has 4 heterocycles. The van der Waals surface area contributed by atoms with E-state index in [9.17, 15) is 5.11 Å². The highest BCUT2D eigenvalue weighted by Crippen LogP contribution is 2.62. The minimum absolute atomic E-state index is 0.126. The van der Waals surface area contributed by atoms with Crippen LogP contribution in [0.5, 0.6) is 5.75 Å². The minimum Gasteiger partial charge on any atom is -0.510 e. The summed E-state index contributed by atoms with van der Waals surface area (Å²) in [7, 11) is 0. The lowest BCUT2D eigenvalue weighted by Crippen LogP contribution is -2.71. The molecule has 0 saturated carbocycles. The van der Waals surface area contributed by atoms with E-state index in [2.05, 4.69) is 30.4 Å². The second kappa shape index (κ2) is 6.18. The summed E-state index contributed by atoms with van der Waals surface area (Å²) in [6, 6.07) is 6.03. The summed E-state index contributed by atoms with van der Waals surface area (Å²) >= 11 is 0. The number of aliphatic hydroxyl groups excluding tert-OH is 1. The van der Waals surface area contributed by atoms with Gasteiger partial charge in [-0.15, -0.1) is 0 Å². The molecule has 8 nitrogen and oxygen atoms in total. The monoisotopic (exact) mass is 408 g/mol. The van der Waals surface area contributed by atoms with Crippen molar-refractivity contribution >= 4 is 18.4 Å². The number of rotatable bonds is 2. The van der Waals surface area contributed by atoms with E-state index in [4.69, 9.17) is 24.9 Å². The van der Waals surface area contributed by atoms with Crippen molar-refractivity contribution in [3.8, 4) is 5.75 Å². The molecule has 0 bridgehead atoms. The first kappa shape index (κ1) is 18.9. The van der Waals surface area contributed by atoms with Crippen LogP contribution in [0.2, 0.25) is 0 Å². The van der Waals surface area contributed by atoms with E-state index in [0.29, 0.717) is 36.9 Å². The summed E-state index contributed by atoms with van der Waals surface area (Å²) in [4.78, 5) is 13.1. The molecule has 3 N–H and O–H groups in total. The van der Waals surface area contributed by atoms with E-state index >= 15 is 0 Å². The van der Waals surface area contributed by atoms with E-state index < -0.39 is 16.6 Å². The van der Waals surface area contributed by atoms with E-state index in [1.807, 2.05) is 18.2 Å². The molecule has 2 aromatic rings. The zero-order valence-corrected chi connectivity index (χ0v) is 17.0. The first-order valence-electron chi connectivity index (χ1n) is 9.84. The lowest BCUT2D eigenvalue weighted by atomic mass is 9.55. The Bertz CT molecular complexity index is 1150. The molecule has 1 fully saturated rings. The van der Waals surface area contributed by atoms with Gasteiger partial charge in [0.1, 0.15) is 34.6 Å². The first-order valence-corrected chi connectivity index (χ1v) is 9.84. The molecule has 1 atom stereocenters. The number of benzene rings is 1. The Morgan fingerprint density at radius 2 is 2.00 bits per heavy atom. The van der Waals surface area contributed by atoms with Crippen LogP contribution in [0.3, 0.4) is 0 Å². The summed E-state index contributed by atoms with van der Waals surface area (Å²) in [5.74, 6) is 0.866. The molecule has 0 radical (unpaired) electrons. The van der Waals surface area contributed by atoms with Crippen LogP contribution in [0, 0.1) is 5.41 Å². The average molecular weight is 408 g/mol. The average Bonchev–Trinajstić information content (AvgIpc) is 3.03. The van der Waals surface area contributed by atoms with Crippen LogP contribution in [0.15, 0.2) is 35.6 Å². The first-order chi connectivity index (χ1) is 14.3. The van der Waals surface area contributed by atoms with Gasteiger partial charge in [0, 0.05) is 12.0 Å². The molecular formula is C22H24N4O4. The van der Waals surface area contributed by atoms with Gasteiger partial charge in [0.05, 0.1) is 36.4 Å². The van der Waals surface area contributed by atoms with Gasteiger partial charge in [-0.3, -0.25) is 4.98 Å². The number of nitrogens with zero attached hydrogens (tertiary/aromatic N) is 3. The molecule has 2 spiro atoms. The Hall–Kier alpha value is -3.13. The van der Waals surface area contributed by atoms with Crippen LogP contribution < -0.4 is 21.2 Å². The molecule has 0 aliphatic carbocycles. The summed E-state index contributed by atoms with van der Waals surface area (Å²) in [6.45, 7) is 9.18. The number of hydrogen-bond donors (Lipinski definition) is 2. The number of aliphatic imine (C=N–C) groups is 1. The zero-order chi connectivity index (χ0) is 21.1. The molecular weight excluding hydrogens is 384 g/mol. The third-order valence-corrected chi connectivity index (χ3v) is 6.60. The second-order valence-corrected chi connectivity index (χ2v) is 8.63. The van der Waals surface area contributed by atoms with Crippen molar-refractivity contribution in [2.75, 3.05) is 19.8 Å². The number of aromatic nitrogens is 2. The topological polar surface area (TPSA) is 112 Å². The molecule has 30 heavy (non-hydrogen) atoms. The van der Waals surface area contributed by atoms with E-state index in [1.54, 1.807) is 0 Å². The van der Waals surface area contributed by atoms with Gasteiger partial charge in [-0.2, -0.15) is 0 Å². The van der Waals surface area contributed by atoms with Gasteiger partial charge >= 0.3 is 0 Å². The maximum Gasteiger partial charge on any atom is 0.283 e. The Morgan fingerprint density at radius 1 is 1.20 bits per heavy atom. The van der Waals surface area contributed by atoms with Crippen LogP contribution in [-0.4, -0.2) is 46.5 Å². The van der Waals surface area contributed by atoms with E-state index in [1.165, 1.54) is 12.4 Å². The molecule has 8 heteroatoms. The van der Waals surface area contributed by atoms with Crippen LogP contribution in [-0.2, 0) is 21.4 Å². The fraction of sp³-hybridized carbons (Fsp3) is 0.409. The van der Waals surface area contributed by atoms with Gasteiger partial charge in [0.25, 0.3) is 6.02 Å². The van der Waals surface area contributed by atoms with Gasteiger partial charge in [-0.1, -0.05) is 12.6 Å². The minimum atomic E-state index is -0.701. The molecule has 5 rings (SSSR count). The fourth-order valence-electron chi connectivity index (χ4n) is 4.72. The smallest absolute Gasteiger partial charge is 0.283 e. The Kier molecular flexibility index (Phi) is 3.89. The lowest BCUT2D eigenvalue weighted by molar-refractivity contribution is -0.247. The van der Waals surface area contributed by atoms with Gasteiger partial charge in [-0.05, 0) is 31.5 Å². The van der Waals surface area contributed by atoms with Gasteiger partial charge in [0.15, 0.2) is 0 Å². The highest BCUT2D eigenvalue weighted by atomic mass is 16.5. The highest BCUT2D eigenvalue weighted by Gasteiger charge is 2.71. The lowest BCUT2D eigenvalue weighted by Gasteiger charge is -2.61. The van der Waals surface area contributed by atoms with Crippen molar-refractivity contribution < 1.29 is 19.3 Å². The predicted octanol–water partition coefficient (Wildman–Crippen LogP) is 0.524. The molecule has 1 saturated heterocycles. The maximum atomic E-state index is 10.6.